The molecule has 0 radical (unpaired) electrons. The van der Waals surface area contributed by atoms with E-state index in [-0.39, 0.29) is 24.7 Å². The SMILES string of the molecule is CCOc1cc(CNOCC(N)=O)ccc1OC(F)F. The topological polar surface area (TPSA) is 82.8 Å². The molecule has 1 rings (SSSR count). The average molecular weight is 290 g/mol. The van der Waals surface area contributed by atoms with E-state index >= 15 is 0 Å². The number of carbonyl (C=O) groups excluding carboxylic acids is 1. The molecule has 0 aliphatic rings. The lowest BCUT2D eigenvalue weighted by Gasteiger charge is -2.13. The van der Waals surface area contributed by atoms with Gasteiger partial charge in [-0.25, -0.2) is 0 Å². The lowest BCUT2D eigenvalue weighted by atomic mass is 10.2. The van der Waals surface area contributed by atoms with Crippen LogP contribution in [0.15, 0.2) is 18.2 Å². The number of alkyl halides is 2. The molecule has 0 fully saturated rings. The van der Waals surface area contributed by atoms with E-state index in [1.807, 2.05) is 0 Å². The van der Waals surface area contributed by atoms with Crippen LogP contribution in [0.4, 0.5) is 8.78 Å². The lowest BCUT2D eigenvalue weighted by Crippen LogP contribution is -2.24. The molecule has 8 heteroatoms. The summed E-state index contributed by atoms with van der Waals surface area (Å²) >= 11 is 0. The number of nitrogens with two attached hydrogens (primary N) is 1. The number of nitrogens with one attached hydrogen (secondary N) is 1. The molecule has 0 aliphatic heterocycles. The van der Waals surface area contributed by atoms with Gasteiger partial charge in [-0.3, -0.25) is 9.63 Å². The summed E-state index contributed by atoms with van der Waals surface area (Å²) in [5.41, 5.74) is 8.12. The predicted molar refractivity (Wildman–Crippen MR) is 66.2 cm³/mol. The van der Waals surface area contributed by atoms with Gasteiger partial charge >= 0.3 is 6.61 Å². The van der Waals surface area contributed by atoms with E-state index in [2.05, 4.69) is 10.2 Å². The largest absolute Gasteiger partial charge is 0.490 e. The Balaban J connectivity index is 2.64. The molecule has 0 spiro atoms. The molecular weight excluding hydrogens is 274 g/mol. The van der Waals surface area contributed by atoms with Crippen LogP contribution in [-0.2, 0) is 16.2 Å². The van der Waals surface area contributed by atoms with Crippen molar-refractivity contribution in [2.24, 2.45) is 5.73 Å². The van der Waals surface area contributed by atoms with Crippen LogP contribution in [0.2, 0.25) is 0 Å². The first kappa shape index (κ1) is 16.1. The van der Waals surface area contributed by atoms with Crippen molar-refractivity contribution in [2.45, 2.75) is 20.1 Å². The van der Waals surface area contributed by atoms with Gasteiger partial charge < -0.3 is 15.2 Å². The van der Waals surface area contributed by atoms with E-state index in [1.54, 1.807) is 19.1 Å². The number of carbonyl (C=O) groups is 1. The van der Waals surface area contributed by atoms with Gasteiger partial charge in [-0.2, -0.15) is 14.3 Å². The quantitative estimate of drug-likeness (QED) is 0.527. The second-order valence-electron chi connectivity index (χ2n) is 3.67. The van der Waals surface area contributed by atoms with Crippen molar-refractivity contribution >= 4 is 5.91 Å². The molecule has 0 aromatic heterocycles. The fourth-order valence-electron chi connectivity index (χ4n) is 1.38. The minimum absolute atomic E-state index is 0.0383. The fourth-order valence-corrected chi connectivity index (χ4v) is 1.38. The zero-order chi connectivity index (χ0) is 15.0. The Morgan fingerprint density at radius 1 is 1.40 bits per heavy atom. The van der Waals surface area contributed by atoms with E-state index in [1.165, 1.54) is 6.07 Å². The maximum atomic E-state index is 12.2. The lowest BCUT2D eigenvalue weighted by molar-refractivity contribution is -0.125. The standard InChI is InChI=1S/C12H16F2N2O4/c1-2-18-10-5-8(6-16-19-7-11(15)17)3-4-9(10)20-12(13)14/h3-5,12,16H,2,6-7H2,1H3,(H2,15,17). The van der Waals surface area contributed by atoms with Gasteiger partial charge in [-0.05, 0) is 24.6 Å². The molecular formula is C12H16F2N2O4. The summed E-state index contributed by atoms with van der Waals surface area (Å²) in [5, 5.41) is 0. The number of primary amides is 1. The number of rotatable bonds is 9. The summed E-state index contributed by atoms with van der Waals surface area (Å²) in [7, 11) is 0. The van der Waals surface area contributed by atoms with Crippen LogP contribution in [0.25, 0.3) is 0 Å². The summed E-state index contributed by atoms with van der Waals surface area (Å²) in [6, 6.07) is 4.49. The van der Waals surface area contributed by atoms with Crippen LogP contribution >= 0.6 is 0 Å². The van der Waals surface area contributed by atoms with Crippen molar-refractivity contribution in [3.8, 4) is 11.5 Å². The number of benzene rings is 1. The molecule has 0 bridgehead atoms. The molecule has 1 amide bonds. The first-order chi connectivity index (χ1) is 9.52. The Morgan fingerprint density at radius 3 is 2.75 bits per heavy atom. The Labute approximate surface area is 114 Å². The normalized spacial score (nSPS) is 10.6. The summed E-state index contributed by atoms with van der Waals surface area (Å²) in [6.07, 6.45) is 0. The number of amides is 1. The van der Waals surface area contributed by atoms with Gasteiger partial charge in [-0.15, -0.1) is 0 Å². The number of hydroxylamine groups is 1. The highest BCUT2D eigenvalue weighted by molar-refractivity contribution is 5.74. The molecule has 1 aromatic rings. The molecule has 3 N–H and O–H groups in total. The van der Waals surface area contributed by atoms with E-state index in [0.717, 1.165) is 0 Å². The van der Waals surface area contributed by atoms with Gasteiger partial charge in [0.2, 0.25) is 5.91 Å². The monoisotopic (exact) mass is 290 g/mol. The van der Waals surface area contributed by atoms with Crippen molar-refractivity contribution in [1.82, 2.24) is 5.48 Å². The van der Waals surface area contributed by atoms with E-state index in [9.17, 15) is 13.6 Å². The zero-order valence-electron chi connectivity index (χ0n) is 10.9. The Bertz CT molecular complexity index is 443. The number of hydrogen-bond acceptors (Lipinski definition) is 5. The van der Waals surface area contributed by atoms with Crippen molar-refractivity contribution in [3.63, 3.8) is 0 Å². The third kappa shape index (κ3) is 5.81. The van der Waals surface area contributed by atoms with Crippen LogP contribution in [-0.4, -0.2) is 25.7 Å². The van der Waals surface area contributed by atoms with E-state index in [4.69, 9.17) is 15.3 Å². The maximum absolute atomic E-state index is 12.2. The summed E-state index contributed by atoms with van der Waals surface area (Å²) in [4.78, 5) is 15.2. The molecule has 0 atom stereocenters. The number of ether oxygens (including phenoxy) is 2. The fraction of sp³-hybridized carbons (Fsp3) is 0.417. The molecule has 0 aliphatic carbocycles. The highest BCUT2D eigenvalue weighted by atomic mass is 19.3. The van der Waals surface area contributed by atoms with Gasteiger partial charge in [-0.1, -0.05) is 6.07 Å². The summed E-state index contributed by atoms with van der Waals surface area (Å²) in [5.74, 6) is -0.432. The summed E-state index contributed by atoms with van der Waals surface area (Å²) in [6.45, 7) is -0.883. The summed E-state index contributed by atoms with van der Waals surface area (Å²) < 4.78 is 34.0. The van der Waals surface area contributed by atoms with Crippen molar-refractivity contribution < 1.29 is 27.9 Å². The molecule has 0 saturated carbocycles. The Kier molecular flexibility index (Phi) is 6.68. The van der Waals surface area contributed by atoms with Gasteiger partial charge in [0.1, 0.15) is 6.61 Å². The van der Waals surface area contributed by atoms with Gasteiger partial charge in [0.05, 0.1) is 6.61 Å². The smallest absolute Gasteiger partial charge is 0.387 e. The third-order valence-corrected chi connectivity index (χ3v) is 2.12. The second-order valence-corrected chi connectivity index (χ2v) is 3.67. The van der Waals surface area contributed by atoms with E-state index < -0.39 is 12.5 Å². The van der Waals surface area contributed by atoms with Crippen molar-refractivity contribution in [2.75, 3.05) is 13.2 Å². The van der Waals surface area contributed by atoms with Crippen LogP contribution in [0, 0.1) is 0 Å². The van der Waals surface area contributed by atoms with Crippen LogP contribution in [0.3, 0.4) is 0 Å². The molecule has 20 heavy (non-hydrogen) atoms. The molecule has 0 heterocycles. The average Bonchev–Trinajstić information content (AvgIpc) is 2.37. The zero-order valence-corrected chi connectivity index (χ0v) is 10.9. The Morgan fingerprint density at radius 2 is 2.15 bits per heavy atom. The molecule has 1 aromatic carbocycles. The van der Waals surface area contributed by atoms with Crippen LogP contribution in [0.5, 0.6) is 11.5 Å². The Hall–Kier alpha value is -1.93. The molecule has 0 unspecified atom stereocenters. The van der Waals surface area contributed by atoms with Gasteiger partial charge in [0.25, 0.3) is 0 Å². The van der Waals surface area contributed by atoms with Crippen LogP contribution in [0.1, 0.15) is 12.5 Å². The minimum atomic E-state index is -2.92. The maximum Gasteiger partial charge on any atom is 0.387 e. The van der Waals surface area contributed by atoms with Crippen LogP contribution < -0.4 is 20.7 Å². The predicted octanol–water partition coefficient (Wildman–Crippen LogP) is 1.19. The molecule has 6 nitrogen and oxygen atoms in total. The minimum Gasteiger partial charge on any atom is -0.490 e. The van der Waals surface area contributed by atoms with Gasteiger partial charge in [0.15, 0.2) is 11.5 Å². The first-order valence-electron chi connectivity index (χ1n) is 5.86. The highest BCUT2D eigenvalue weighted by Crippen LogP contribution is 2.29. The second kappa shape index (κ2) is 8.28. The van der Waals surface area contributed by atoms with Crippen molar-refractivity contribution in [1.29, 1.82) is 0 Å². The first-order valence-corrected chi connectivity index (χ1v) is 5.86. The molecule has 0 saturated heterocycles. The van der Waals surface area contributed by atoms with Gasteiger partial charge in [0, 0.05) is 6.54 Å². The molecule has 112 valence electrons. The third-order valence-electron chi connectivity index (χ3n) is 2.12. The van der Waals surface area contributed by atoms with Crippen molar-refractivity contribution in [3.05, 3.63) is 23.8 Å². The number of hydrogen-bond donors (Lipinski definition) is 2. The highest BCUT2D eigenvalue weighted by Gasteiger charge is 2.11. The number of halogens is 2. The van der Waals surface area contributed by atoms with E-state index in [0.29, 0.717) is 12.2 Å².